The van der Waals surface area contributed by atoms with Crippen molar-refractivity contribution in [2.45, 2.75) is 20.0 Å². The van der Waals surface area contributed by atoms with Crippen LogP contribution in [0.3, 0.4) is 0 Å². The Labute approximate surface area is 144 Å². The predicted molar refractivity (Wildman–Crippen MR) is 93.3 cm³/mol. The van der Waals surface area contributed by atoms with Crippen molar-refractivity contribution in [3.8, 4) is 12.3 Å². The molecular formula is C19H16N4O2. The number of Topliss-reactive ketones (excluding diaryl/α,β-unsaturated/α-hetero) is 1. The molecule has 0 aliphatic rings. The van der Waals surface area contributed by atoms with Gasteiger partial charge in [-0.05, 0) is 24.5 Å². The van der Waals surface area contributed by atoms with Crippen LogP contribution < -0.4 is 5.56 Å². The van der Waals surface area contributed by atoms with E-state index >= 15 is 0 Å². The molecule has 0 fully saturated rings. The molecule has 0 N–H and O–H groups in total. The molecule has 0 saturated heterocycles. The Balaban J connectivity index is 1.82. The Kier molecular flexibility index (Phi) is 4.57. The standard InChI is InChI=1S/C19H16N4O2/c1-3-16-9-10-19(25)23(21-16)13-18(24)17-11-20-22(14(17)2)12-15-7-5-4-6-8-15/h1,4-11H,12-13H2,2H3. The fourth-order valence-electron chi connectivity index (χ4n) is 2.50. The van der Waals surface area contributed by atoms with Crippen molar-refractivity contribution < 1.29 is 4.79 Å². The van der Waals surface area contributed by atoms with Crippen molar-refractivity contribution in [2.24, 2.45) is 0 Å². The summed E-state index contributed by atoms with van der Waals surface area (Å²) in [5, 5.41) is 8.27. The van der Waals surface area contributed by atoms with Gasteiger partial charge in [0, 0.05) is 11.8 Å². The highest BCUT2D eigenvalue weighted by Gasteiger charge is 2.16. The lowest BCUT2D eigenvalue weighted by Gasteiger charge is -2.06. The third-order valence-corrected chi connectivity index (χ3v) is 3.89. The third kappa shape index (κ3) is 3.56. The fourth-order valence-corrected chi connectivity index (χ4v) is 2.50. The van der Waals surface area contributed by atoms with E-state index in [1.54, 1.807) is 4.68 Å². The van der Waals surface area contributed by atoms with E-state index in [0.717, 1.165) is 15.9 Å². The normalized spacial score (nSPS) is 10.4. The molecule has 6 heteroatoms. The average molecular weight is 332 g/mol. The number of nitrogens with zero attached hydrogens (tertiary/aromatic N) is 4. The fraction of sp³-hybridized carbons (Fsp3) is 0.158. The molecular weight excluding hydrogens is 316 g/mol. The molecule has 124 valence electrons. The van der Waals surface area contributed by atoms with E-state index in [-0.39, 0.29) is 17.9 Å². The zero-order valence-electron chi connectivity index (χ0n) is 13.7. The van der Waals surface area contributed by atoms with Gasteiger partial charge in [0.25, 0.3) is 5.56 Å². The quantitative estimate of drug-likeness (QED) is 0.526. The first-order valence-corrected chi connectivity index (χ1v) is 7.73. The number of carbonyl (C=O) groups is 1. The van der Waals surface area contributed by atoms with Crippen LogP contribution in [0.5, 0.6) is 0 Å². The molecule has 0 aliphatic heterocycles. The molecule has 0 spiro atoms. The lowest BCUT2D eigenvalue weighted by Crippen LogP contribution is -2.26. The Morgan fingerprint density at radius 2 is 1.92 bits per heavy atom. The van der Waals surface area contributed by atoms with Gasteiger partial charge < -0.3 is 0 Å². The van der Waals surface area contributed by atoms with Crippen LogP contribution >= 0.6 is 0 Å². The van der Waals surface area contributed by atoms with Gasteiger partial charge in [0.2, 0.25) is 0 Å². The number of hydrogen-bond donors (Lipinski definition) is 0. The molecule has 0 bridgehead atoms. The van der Waals surface area contributed by atoms with Crippen LogP contribution in [-0.4, -0.2) is 25.3 Å². The van der Waals surface area contributed by atoms with Gasteiger partial charge in [0.15, 0.2) is 5.78 Å². The number of rotatable bonds is 5. The minimum atomic E-state index is -0.373. The van der Waals surface area contributed by atoms with Crippen molar-refractivity contribution >= 4 is 5.78 Å². The molecule has 0 unspecified atom stereocenters. The van der Waals surface area contributed by atoms with Crippen LogP contribution in [0.4, 0.5) is 0 Å². The molecule has 0 aliphatic carbocycles. The van der Waals surface area contributed by atoms with Gasteiger partial charge in [0.1, 0.15) is 12.2 Å². The highest BCUT2D eigenvalue weighted by molar-refractivity contribution is 5.96. The van der Waals surface area contributed by atoms with Gasteiger partial charge in [-0.2, -0.15) is 10.2 Å². The summed E-state index contributed by atoms with van der Waals surface area (Å²) in [4.78, 5) is 24.4. The van der Waals surface area contributed by atoms with Crippen molar-refractivity contribution in [3.63, 3.8) is 0 Å². The summed E-state index contributed by atoms with van der Waals surface area (Å²) in [5.74, 6) is 2.12. The van der Waals surface area contributed by atoms with Gasteiger partial charge in [-0.1, -0.05) is 30.3 Å². The van der Waals surface area contributed by atoms with Gasteiger partial charge in [-0.3, -0.25) is 14.3 Å². The topological polar surface area (TPSA) is 69.8 Å². The van der Waals surface area contributed by atoms with Gasteiger partial charge in [0.05, 0.1) is 18.3 Å². The Morgan fingerprint density at radius 3 is 2.64 bits per heavy atom. The van der Waals surface area contributed by atoms with Crippen molar-refractivity contribution in [1.29, 1.82) is 0 Å². The van der Waals surface area contributed by atoms with Crippen LogP contribution in [0.15, 0.2) is 53.5 Å². The smallest absolute Gasteiger partial charge is 0.267 e. The maximum absolute atomic E-state index is 12.5. The number of carbonyl (C=O) groups excluding carboxylic acids is 1. The zero-order chi connectivity index (χ0) is 17.8. The van der Waals surface area contributed by atoms with Gasteiger partial charge in [-0.25, -0.2) is 4.68 Å². The lowest BCUT2D eigenvalue weighted by atomic mass is 10.1. The van der Waals surface area contributed by atoms with Crippen LogP contribution in [0, 0.1) is 19.3 Å². The molecule has 3 rings (SSSR count). The minimum Gasteiger partial charge on any atom is -0.292 e. The van der Waals surface area contributed by atoms with Crippen molar-refractivity contribution in [2.75, 3.05) is 0 Å². The summed E-state index contributed by atoms with van der Waals surface area (Å²) in [6.45, 7) is 2.23. The molecule has 2 aromatic heterocycles. The van der Waals surface area contributed by atoms with E-state index in [9.17, 15) is 9.59 Å². The van der Waals surface area contributed by atoms with Crippen LogP contribution in [0.2, 0.25) is 0 Å². The SMILES string of the molecule is C#Cc1ccc(=O)n(CC(=O)c2cnn(Cc3ccccc3)c2C)n1. The Hall–Kier alpha value is -3.46. The monoisotopic (exact) mass is 332 g/mol. The van der Waals surface area contributed by atoms with Crippen molar-refractivity contribution in [3.05, 3.63) is 81.5 Å². The summed E-state index contributed by atoms with van der Waals surface area (Å²) in [7, 11) is 0. The van der Waals surface area contributed by atoms with E-state index in [1.165, 1.54) is 18.3 Å². The van der Waals surface area contributed by atoms with Crippen LogP contribution in [0.25, 0.3) is 0 Å². The van der Waals surface area contributed by atoms with Gasteiger partial charge >= 0.3 is 0 Å². The number of hydrogen-bond acceptors (Lipinski definition) is 4. The summed E-state index contributed by atoms with van der Waals surface area (Å²) in [6, 6.07) is 12.6. The number of benzene rings is 1. The second-order valence-electron chi connectivity index (χ2n) is 5.57. The molecule has 0 saturated carbocycles. The zero-order valence-corrected chi connectivity index (χ0v) is 13.7. The summed E-state index contributed by atoms with van der Waals surface area (Å²) < 4.78 is 2.84. The molecule has 1 aromatic carbocycles. The first-order chi connectivity index (χ1) is 12.1. The van der Waals surface area contributed by atoms with Gasteiger partial charge in [-0.15, -0.1) is 6.42 Å². The first kappa shape index (κ1) is 16.4. The molecule has 0 amide bonds. The van der Waals surface area contributed by atoms with E-state index in [4.69, 9.17) is 6.42 Å². The first-order valence-electron chi connectivity index (χ1n) is 7.73. The second kappa shape index (κ2) is 6.97. The molecule has 3 aromatic rings. The molecule has 25 heavy (non-hydrogen) atoms. The third-order valence-electron chi connectivity index (χ3n) is 3.89. The van der Waals surface area contributed by atoms with E-state index in [2.05, 4.69) is 16.1 Å². The molecule has 2 heterocycles. The molecule has 0 atom stereocenters. The molecule has 0 radical (unpaired) electrons. The highest BCUT2D eigenvalue weighted by Crippen LogP contribution is 2.11. The van der Waals surface area contributed by atoms with Crippen LogP contribution in [0.1, 0.15) is 27.3 Å². The second-order valence-corrected chi connectivity index (χ2v) is 5.57. The Bertz CT molecular complexity index is 1010. The maximum Gasteiger partial charge on any atom is 0.267 e. The van der Waals surface area contributed by atoms with E-state index < -0.39 is 0 Å². The summed E-state index contributed by atoms with van der Waals surface area (Å²) in [6.07, 6.45) is 6.81. The summed E-state index contributed by atoms with van der Waals surface area (Å²) in [5.41, 5.74) is 2.24. The average Bonchev–Trinajstić information content (AvgIpc) is 2.98. The number of aromatic nitrogens is 4. The lowest BCUT2D eigenvalue weighted by molar-refractivity contribution is 0.0965. The van der Waals surface area contributed by atoms with Crippen molar-refractivity contribution in [1.82, 2.24) is 19.6 Å². The predicted octanol–water partition coefficient (Wildman–Crippen LogP) is 1.66. The maximum atomic E-state index is 12.5. The number of ketones is 1. The van der Waals surface area contributed by atoms with E-state index in [1.807, 2.05) is 37.3 Å². The highest BCUT2D eigenvalue weighted by atomic mass is 16.1. The molecule has 6 nitrogen and oxygen atoms in total. The largest absolute Gasteiger partial charge is 0.292 e. The Morgan fingerprint density at radius 1 is 1.16 bits per heavy atom. The number of terminal acetylenes is 1. The summed E-state index contributed by atoms with van der Waals surface area (Å²) >= 11 is 0. The van der Waals surface area contributed by atoms with E-state index in [0.29, 0.717) is 17.8 Å². The minimum absolute atomic E-state index is 0.174. The van der Waals surface area contributed by atoms with Crippen LogP contribution in [-0.2, 0) is 13.1 Å².